The summed E-state index contributed by atoms with van der Waals surface area (Å²) in [6, 6.07) is 16.7. The van der Waals surface area contributed by atoms with Gasteiger partial charge in [0, 0.05) is 50.0 Å². The average molecular weight is 496 g/mol. The molecule has 1 saturated heterocycles. The molecule has 3 rings (SSSR count). The third-order valence-corrected chi connectivity index (χ3v) is 4.81. The van der Waals surface area contributed by atoms with Gasteiger partial charge in [0.15, 0.2) is 5.96 Å². The molecule has 2 N–H and O–H groups in total. The van der Waals surface area contributed by atoms with Gasteiger partial charge in [-0.15, -0.1) is 24.0 Å². The molecule has 1 atom stereocenters. The summed E-state index contributed by atoms with van der Waals surface area (Å²) >= 11 is 0. The van der Waals surface area contributed by atoms with E-state index in [1.165, 1.54) is 5.69 Å². The first-order chi connectivity index (χ1) is 13.2. The van der Waals surface area contributed by atoms with E-state index in [1.54, 1.807) is 21.3 Å². The summed E-state index contributed by atoms with van der Waals surface area (Å²) in [5, 5.41) is 6.91. The lowest BCUT2D eigenvalue weighted by Crippen LogP contribution is -2.44. The van der Waals surface area contributed by atoms with Gasteiger partial charge in [-0.3, -0.25) is 4.99 Å². The number of methoxy groups -OCH3 is 2. The first-order valence-corrected chi connectivity index (χ1v) is 9.21. The van der Waals surface area contributed by atoms with Crippen molar-refractivity contribution < 1.29 is 9.47 Å². The van der Waals surface area contributed by atoms with E-state index in [1.807, 2.05) is 18.2 Å². The molecular weight excluding hydrogens is 467 g/mol. The summed E-state index contributed by atoms with van der Waals surface area (Å²) in [5.74, 6) is 2.38. The molecule has 2 aromatic carbocycles. The number of aliphatic imine (C=N–C) groups is 1. The zero-order chi connectivity index (χ0) is 19.1. The third kappa shape index (κ3) is 5.67. The number of ether oxygens (including phenoxy) is 2. The standard InChI is InChI=1S/C21H28N4O2.HI/c1-22-21(23-14-16-9-10-19(26-2)13-20(16)27-3)24-17-11-12-25(15-17)18-7-5-4-6-8-18;/h4-10,13,17H,11-12,14-15H2,1-3H3,(H2,22,23,24);1H. The molecule has 1 fully saturated rings. The SMILES string of the molecule is CN=C(NCc1ccc(OC)cc1OC)NC1CCN(c2ccccc2)C1.I. The van der Waals surface area contributed by atoms with Crippen molar-refractivity contribution in [3.63, 3.8) is 0 Å². The number of halogens is 1. The third-order valence-electron chi connectivity index (χ3n) is 4.81. The van der Waals surface area contributed by atoms with Crippen LogP contribution in [-0.4, -0.2) is 46.4 Å². The van der Waals surface area contributed by atoms with Gasteiger partial charge in [0.25, 0.3) is 0 Å². The Kier molecular flexibility index (Phi) is 8.69. The highest BCUT2D eigenvalue weighted by Gasteiger charge is 2.23. The number of benzene rings is 2. The van der Waals surface area contributed by atoms with E-state index in [2.05, 4.69) is 50.9 Å². The average Bonchev–Trinajstić information content (AvgIpc) is 3.20. The van der Waals surface area contributed by atoms with Gasteiger partial charge in [0.05, 0.1) is 14.2 Å². The number of para-hydroxylation sites is 1. The fraction of sp³-hybridized carbons (Fsp3) is 0.381. The number of nitrogens with one attached hydrogen (secondary N) is 2. The lowest BCUT2D eigenvalue weighted by Gasteiger charge is -2.20. The van der Waals surface area contributed by atoms with Crippen LogP contribution in [0.3, 0.4) is 0 Å². The fourth-order valence-electron chi connectivity index (χ4n) is 3.32. The van der Waals surface area contributed by atoms with Gasteiger partial charge in [-0.2, -0.15) is 0 Å². The van der Waals surface area contributed by atoms with Crippen molar-refractivity contribution >= 4 is 35.6 Å². The van der Waals surface area contributed by atoms with Gasteiger partial charge in [0.1, 0.15) is 11.5 Å². The van der Waals surface area contributed by atoms with E-state index in [0.717, 1.165) is 42.5 Å². The second-order valence-electron chi connectivity index (χ2n) is 6.52. The highest BCUT2D eigenvalue weighted by molar-refractivity contribution is 14.0. The number of guanidine groups is 1. The van der Waals surface area contributed by atoms with Crippen molar-refractivity contribution in [2.24, 2.45) is 4.99 Å². The van der Waals surface area contributed by atoms with Crippen molar-refractivity contribution in [2.45, 2.75) is 19.0 Å². The molecule has 7 heteroatoms. The maximum absolute atomic E-state index is 5.46. The van der Waals surface area contributed by atoms with Crippen LogP contribution in [-0.2, 0) is 6.54 Å². The van der Waals surface area contributed by atoms with E-state index in [-0.39, 0.29) is 24.0 Å². The van der Waals surface area contributed by atoms with Gasteiger partial charge in [0.2, 0.25) is 0 Å². The molecule has 0 aromatic heterocycles. The molecule has 6 nitrogen and oxygen atoms in total. The minimum Gasteiger partial charge on any atom is -0.497 e. The quantitative estimate of drug-likeness (QED) is 0.366. The Bertz CT molecular complexity index is 770. The summed E-state index contributed by atoms with van der Waals surface area (Å²) < 4.78 is 10.7. The fourth-order valence-corrected chi connectivity index (χ4v) is 3.32. The van der Waals surface area contributed by atoms with Gasteiger partial charge < -0.3 is 25.0 Å². The summed E-state index contributed by atoms with van der Waals surface area (Å²) in [6.07, 6.45) is 1.08. The van der Waals surface area contributed by atoms with E-state index >= 15 is 0 Å². The van der Waals surface area contributed by atoms with E-state index in [0.29, 0.717) is 12.6 Å². The summed E-state index contributed by atoms with van der Waals surface area (Å²) in [7, 11) is 5.12. The molecule has 0 radical (unpaired) electrons. The number of nitrogens with zero attached hydrogens (tertiary/aromatic N) is 2. The van der Waals surface area contributed by atoms with Crippen LogP contribution < -0.4 is 25.0 Å². The number of rotatable bonds is 6. The Balaban J connectivity index is 0.00000280. The predicted octanol–water partition coefficient (Wildman–Crippen LogP) is 3.27. The predicted molar refractivity (Wildman–Crippen MR) is 125 cm³/mol. The van der Waals surface area contributed by atoms with Crippen molar-refractivity contribution in [1.82, 2.24) is 10.6 Å². The molecule has 1 aliphatic heterocycles. The van der Waals surface area contributed by atoms with Crippen molar-refractivity contribution in [2.75, 3.05) is 39.3 Å². The lowest BCUT2D eigenvalue weighted by molar-refractivity contribution is 0.390. The molecule has 0 amide bonds. The minimum absolute atomic E-state index is 0. The highest BCUT2D eigenvalue weighted by Crippen LogP contribution is 2.24. The van der Waals surface area contributed by atoms with E-state index < -0.39 is 0 Å². The van der Waals surface area contributed by atoms with Gasteiger partial charge >= 0.3 is 0 Å². The molecule has 28 heavy (non-hydrogen) atoms. The summed E-state index contributed by atoms with van der Waals surface area (Å²) in [4.78, 5) is 6.76. The number of anilines is 1. The largest absolute Gasteiger partial charge is 0.497 e. The molecule has 0 saturated carbocycles. The molecular formula is C21H29IN4O2. The topological polar surface area (TPSA) is 58.1 Å². The second-order valence-corrected chi connectivity index (χ2v) is 6.52. The van der Waals surface area contributed by atoms with Crippen LogP contribution in [0.15, 0.2) is 53.5 Å². The molecule has 2 aromatic rings. The van der Waals surface area contributed by atoms with E-state index in [9.17, 15) is 0 Å². The highest BCUT2D eigenvalue weighted by atomic mass is 127. The molecule has 0 aliphatic carbocycles. The molecule has 1 aliphatic rings. The first kappa shape index (κ1) is 22.1. The van der Waals surface area contributed by atoms with Gasteiger partial charge in [-0.25, -0.2) is 0 Å². The molecule has 152 valence electrons. The number of hydrogen-bond acceptors (Lipinski definition) is 4. The smallest absolute Gasteiger partial charge is 0.191 e. The Morgan fingerprint density at radius 3 is 2.61 bits per heavy atom. The monoisotopic (exact) mass is 496 g/mol. The van der Waals surface area contributed by atoms with Gasteiger partial charge in [-0.1, -0.05) is 18.2 Å². The van der Waals surface area contributed by atoms with Crippen molar-refractivity contribution in [3.05, 3.63) is 54.1 Å². The maximum Gasteiger partial charge on any atom is 0.191 e. The molecule has 1 heterocycles. The maximum atomic E-state index is 5.46. The zero-order valence-corrected chi connectivity index (χ0v) is 19.0. The van der Waals surface area contributed by atoms with Crippen LogP contribution in [0.2, 0.25) is 0 Å². The molecule has 0 bridgehead atoms. The minimum atomic E-state index is 0. The Hall–Kier alpha value is -2.16. The van der Waals surface area contributed by atoms with Crippen LogP contribution >= 0.6 is 24.0 Å². The lowest BCUT2D eigenvalue weighted by atomic mass is 10.2. The Morgan fingerprint density at radius 1 is 1.14 bits per heavy atom. The zero-order valence-electron chi connectivity index (χ0n) is 16.6. The Morgan fingerprint density at radius 2 is 1.93 bits per heavy atom. The molecule has 1 unspecified atom stereocenters. The van der Waals surface area contributed by atoms with Crippen molar-refractivity contribution in [3.8, 4) is 11.5 Å². The summed E-state index contributed by atoms with van der Waals surface area (Å²) in [5.41, 5.74) is 2.33. The Labute approximate surface area is 184 Å². The first-order valence-electron chi connectivity index (χ1n) is 9.21. The van der Waals surface area contributed by atoms with Crippen molar-refractivity contribution in [1.29, 1.82) is 0 Å². The molecule has 0 spiro atoms. The normalized spacial score (nSPS) is 16.3. The van der Waals surface area contributed by atoms with Crippen LogP contribution in [0.1, 0.15) is 12.0 Å². The van der Waals surface area contributed by atoms with Crippen LogP contribution in [0.5, 0.6) is 11.5 Å². The number of hydrogen-bond donors (Lipinski definition) is 2. The van der Waals surface area contributed by atoms with Crippen LogP contribution in [0, 0.1) is 0 Å². The van der Waals surface area contributed by atoms with Crippen LogP contribution in [0.25, 0.3) is 0 Å². The van der Waals surface area contributed by atoms with Gasteiger partial charge in [-0.05, 0) is 30.7 Å². The second kappa shape index (κ2) is 11.0. The van der Waals surface area contributed by atoms with Crippen LogP contribution in [0.4, 0.5) is 5.69 Å². The van der Waals surface area contributed by atoms with E-state index in [4.69, 9.17) is 9.47 Å². The summed E-state index contributed by atoms with van der Waals surface area (Å²) in [6.45, 7) is 2.64.